The number of hydrogen-bond donors (Lipinski definition) is 4. The van der Waals surface area contributed by atoms with Gasteiger partial charge in [-0.2, -0.15) is 0 Å². The summed E-state index contributed by atoms with van der Waals surface area (Å²) in [7, 11) is 0. The van der Waals surface area contributed by atoms with Crippen LogP contribution >= 0.6 is 22.9 Å². The van der Waals surface area contributed by atoms with Gasteiger partial charge in [0.1, 0.15) is 17.5 Å². The number of halogens is 1. The summed E-state index contributed by atoms with van der Waals surface area (Å²) in [5.74, 6) is 2.10. The maximum absolute atomic E-state index is 12.4. The molecule has 1 fully saturated rings. The highest BCUT2D eigenvalue weighted by molar-refractivity contribution is 14.1. The van der Waals surface area contributed by atoms with Crippen LogP contribution in [0.5, 0.6) is 11.5 Å². The third-order valence-corrected chi connectivity index (χ3v) is 7.02. The van der Waals surface area contributed by atoms with Crippen LogP contribution in [0.25, 0.3) is 5.70 Å². The quantitative estimate of drug-likeness (QED) is 0.250. The van der Waals surface area contributed by atoms with E-state index in [-0.39, 0.29) is 0 Å². The van der Waals surface area contributed by atoms with Gasteiger partial charge in [-0.15, -0.1) is 0 Å². The fourth-order valence-electron chi connectivity index (χ4n) is 4.31. The van der Waals surface area contributed by atoms with Gasteiger partial charge < -0.3 is 16.2 Å². The van der Waals surface area contributed by atoms with Gasteiger partial charge in [0.15, 0.2) is 5.57 Å². The number of nitrogens with one attached hydrogen (secondary N) is 2. The maximum Gasteiger partial charge on any atom is 0.282 e. The van der Waals surface area contributed by atoms with Crippen LogP contribution < -0.4 is 26.5 Å². The SMILES string of the molecule is NC(=O)C(C1=[NH+]CCC(C2CCN(I)CC2)N1)=C(N)c1ccc(Oc2ccccc2)cc1. The van der Waals surface area contributed by atoms with Gasteiger partial charge in [-0.1, -0.05) is 18.2 Å². The number of primary amides is 1. The average Bonchev–Trinajstić information content (AvgIpc) is 2.81. The second-order valence-electron chi connectivity index (χ2n) is 8.18. The minimum Gasteiger partial charge on any atom is -0.457 e. The number of amides is 1. The summed E-state index contributed by atoms with van der Waals surface area (Å²) >= 11 is 2.39. The Morgan fingerprint density at radius 2 is 1.66 bits per heavy atom. The summed E-state index contributed by atoms with van der Waals surface area (Å²) in [5, 5.41) is 3.54. The van der Waals surface area contributed by atoms with Crippen LogP contribution in [0.15, 0.2) is 60.2 Å². The fourth-order valence-corrected chi connectivity index (χ4v) is 4.86. The Hall–Kier alpha value is -2.59. The van der Waals surface area contributed by atoms with Crippen molar-refractivity contribution in [3.63, 3.8) is 0 Å². The number of para-hydroxylation sites is 1. The van der Waals surface area contributed by atoms with E-state index < -0.39 is 5.91 Å². The van der Waals surface area contributed by atoms with E-state index in [4.69, 9.17) is 16.2 Å². The third-order valence-electron chi connectivity index (χ3n) is 6.05. The maximum atomic E-state index is 12.4. The molecule has 2 aliphatic rings. The number of carbonyl (C=O) groups excluding carboxylic acids is 1. The average molecular weight is 546 g/mol. The highest BCUT2D eigenvalue weighted by atomic mass is 127. The molecule has 8 heteroatoms. The van der Waals surface area contributed by atoms with E-state index >= 15 is 0 Å². The lowest BCUT2D eigenvalue weighted by Gasteiger charge is -2.33. The first kappa shape index (κ1) is 22.6. The predicted molar refractivity (Wildman–Crippen MR) is 134 cm³/mol. The van der Waals surface area contributed by atoms with Gasteiger partial charge in [-0.3, -0.25) is 15.1 Å². The summed E-state index contributed by atoms with van der Waals surface area (Å²) in [6.07, 6.45) is 3.29. The molecule has 2 aromatic rings. The summed E-state index contributed by atoms with van der Waals surface area (Å²) in [6.45, 7) is 2.96. The van der Waals surface area contributed by atoms with Crippen molar-refractivity contribution >= 4 is 40.3 Å². The summed E-state index contributed by atoms with van der Waals surface area (Å²) < 4.78 is 8.17. The lowest BCUT2D eigenvalue weighted by atomic mass is 9.87. The van der Waals surface area contributed by atoms with Gasteiger partial charge >= 0.3 is 0 Å². The molecule has 4 rings (SSSR count). The Kier molecular flexibility index (Phi) is 7.31. The van der Waals surface area contributed by atoms with Gasteiger partial charge in [0, 0.05) is 48.3 Å². The number of carbonyl (C=O) groups is 1. The second-order valence-corrected chi connectivity index (χ2v) is 9.55. The Morgan fingerprint density at radius 1 is 1.00 bits per heavy atom. The number of amidine groups is 1. The van der Waals surface area contributed by atoms with Crippen molar-refractivity contribution in [3.8, 4) is 11.5 Å². The highest BCUT2D eigenvalue weighted by Crippen LogP contribution is 2.26. The van der Waals surface area contributed by atoms with Gasteiger partial charge in [-0.05, 0) is 54.8 Å². The van der Waals surface area contributed by atoms with Crippen molar-refractivity contribution in [2.24, 2.45) is 17.4 Å². The van der Waals surface area contributed by atoms with Crippen molar-refractivity contribution in [1.29, 1.82) is 0 Å². The van der Waals surface area contributed by atoms with Crippen LogP contribution in [0.3, 0.4) is 0 Å². The molecule has 2 aliphatic heterocycles. The molecule has 1 saturated heterocycles. The molecule has 2 heterocycles. The highest BCUT2D eigenvalue weighted by Gasteiger charge is 2.35. The smallest absolute Gasteiger partial charge is 0.282 e. The molecule has 32 heavy (non-hydrogen) atoms. The van der Waals surface area contributed by atoms with Crippen molar-refractivity contribution in [2.45, 2.75) is 25.3 Å². The molecular formula is C24H29IN5O2+. The first-order chi connectivity index (χ1) is 15.5. The van der Waals surface area contributed by atoms with E-state index in [1.807, 2.05) is 54.6 Å². The zero-order chi connectivity index (χ0) is 22.5. The third kappa shape index (κ3) is 5.42. The molecule has 1 unspecified atom stereocenters. The molecule has 0 radical (unpaired) electrons. The van der Waals surface area contributed by atoms with Crippen LogP contribution in [-0.4, -0.2) is 40.5 Å². The molecule has 0 spiro atoms. The van der Waals surface area contributed by atoms with E-state index in [1.165, 1.54) is 0 Å². The van der Waals surface area contributed by atoms with Crippen LogP contribution in [0, 0.1) is 5.92 Å². The molecule has 0 saturated carbocycles. The minimum absolute atomic E-state index is 0.303. The number of benzene rings is 2. The number of rotatable bonds is 6. The Labute approximate surface area is 202 Å². The zero-order valence-corrected chi connectivity index (χ0v) is 20.0. The van der Waals surface area contributed by atoms with E-state index in [2.05, 4.69) is 36.3 Å². The first-order valence-corrected chi connectivity index (χ1v) is 11.9. The molecule has 1 amide bonds. The van der Waals surface area contributed by atoms with Crippen molar-refractivity contribution in [3.05, 3.63) is 65.7 Å². The van der Waals surface area contributed by atoms with Crippen LogP contribution in [0.1, 0.15) is 24.8 Å². The number of nitrogens with zero attached hydrogens (tertiary/aromatic N) is 1. The van der Waals surface area contributed by atoms with E-state index in [1.54, 1.807) is 0 Å². The minimum atomic E-state index is -0.551. The number of ether oxygens (including phenoxy) is 1. The van der Waals surface area contributed by atoms with Gasteiger partial charge in [0.05, 0.1) is 12.2 Å². The van der Waals surface area contributed by atoms with Crippen LogP contribution in [0.2, 0.25) is 0 Å². The van der Waals surface area contributed by atoms with Crippen LogP contribution in [-0.2, 0) is 4.79 Å². The molecule has 0 bridgehead atoms. The number of piperidine rings is 1. The molecule has 7 nitrogen and oxygen atoms in total. The molecule has 1 atom stereocenters. The number of nitrogens with two attached hydrogens (primary N) is 2. The van der Waals surface area contributed by atoms with Crippen molar-refractivity contribution in [2.75, 3.05) is 19.6 Å². The second kappa shape index (κ2) is 10.4. The topological polar surface area (TPSA) is 108 Å². The molecule has 0 aliphatic carbocycles. The number of hydrogen-bond acceptors (Lipinski definition) is 5. The van der Waals surface area contributed by atoms with E-state index in [9.17, 15) is 4.79 Å². The molecule has 0 aromatic heterocycles. The van der Waals surface area contributed by atoms with Crippen molar-refractivity contribution < 1.29 is 14.5 Å². The van der Waals surface area contributed by atoms with Crippen molar-refractivity contribution in [1.82, 2.24) is 8.43 Å². The van der Waals surface area contributed by atoms with E-state index in [0.717, 1.165) is 50.2 Å². The summed E-state index contributed by atoms with van der Waals surface area (Å²) in [4.78, 5) is 15.7. The van der Waals surface area contributed by atoms with Gasteiger partial charge in [0.2, 0.25) is 0 Å². The standard InChI is InChI=1S/C24H28IN5O2/c25-30-14-11-16(12-15-30)20-10-13-28-24(29-20)21(23(27)31)22(26)17-6-8-19(9-7-17)32-18-4-2-1-3-5-18/h1-9,16,20H,10-15,26H2,(H2,27,31)(H,28,29)/p+1. The fraction of sp³-hybridized carbons (Fsp3) is 0.333. The van der Waals surface area contributed by atoms with Gasteiger partial charge in [0.25, 0.3) is 11.7 Å². The predicted octanol–water partition coefficient (Wildman–Crippen LogP) is 1.54. The largest absolute Gasteiger partial charge is 0.457 e. The Bertz CT molecular complexity index is 999. The lowest BCUT2D eigenvalue weighted by molar-refractivity contribution is -0.466. The first-order valence-electron chi connectivity index (χ1n) is 10.9. The monoisotopic (exact) mass is 546 g/mol. The molecule has 168 valence electrons. The lowest BCUT2D eigenvalue weighted by Crippen LogP contribution is -2.82. The molecular weight excluding hydrogens is 517 g/mol. The molecule has 6 N–H and O–H groups in total. The van der Waals surface area contributed by atoms with Crippen LogP contribution in [0.4, 0.5) is 0 Å². The van der Waals surface area contributed by atoms with E-state index in [0.29, 0.717) is 34.8 Å². The normalized spacial score (nSPS) is 20.7. The van der Waals surface area contributed by atoms with Gasteiger partial charge in [-0.25, -0.2) is 3.11 Å². The zero-order valence-electron chi connectivity index (χ0n) is 17.9. The Balaban J connectivity index is 1.52. The summed E-state index contributed by atoms with van der Waals surface area (Å²) in [5.41, 5.74) is 13.6. The molecule has 2 aromatic carbocycles. The Morgan fingerprint density at radius 3 is 2.31 bits per heavy atom. The summed E-state index contributed by atoms with van der Waals surface area (Å²) in [6, 6.07) is 17.2.